The van der Waals surface area contributed by atoms with Gasteiger partial charge in [0.25, 0.3) is 5.91 Å². The van der Waals surface area contributed by atoms with Gasteiger partial charge in [-0.2, -0.15) is 0 Å². The van der Waals surface area contributed by atoms with Crippen LogP contribution in [-0.2, 0) is 22.6 Å². The van der Waals surface area contributed by atoms with E-state index in [9.17, 15) is 14.4 Å². The highest BCUT2D eigenvalue weighted by atomic mass is 35.5. The van der Waals surface area contributed by atoms with Crippen LogP contribution in [0.1, 0.15) is 21.7 Å². The summed E-state index contributed by atoms with van der Waals surface area (Å²) in [5.41, 5.74) is 2.24. The Labute approximate surface area is 200 Å². The van der Waals surface area contributed by atoms with E-state index in [4.69, 9.17) is 27.6 Å². The third kappa shape index (κ3) is 4.89. The molecule has 9 heteroatoms. The number of likely N-dealkylation sites (N-methyl/N-ethyl adjacent to an activating group) is 1. The Balaban J connectivity index is 1.52. The lowest BCUT2D eigenvalue weighted by atomic mass is 9.93. The molecule has 0 radical (unpaired) electrons. The molecule has 7 nitrogen and oxygen atoms in total. The number of carbonyl (C=O) groups excluding carboxylic acids is 3. The molecule has 1 N–H and O–H groups in total. The summed E-state index contributed by atoms with van der Waals surface area (Å²) in [6, 6.07) is 15.0. The number of rotatable bonds is 5. The molecule has 170 valence electrons. The standard InChI is InChI=1S/C24H21Cl2N3O4/c1-28(14-21(30)27-22-17(25)8-4-9-18(22)26)23(31)19-12-15-6-2-3-7-16(15)13-29(19)24(32)20-10-5-11-33-20/h2-11,19H,12-14H2,1H3,(H,27,30). The average molecular weight is 486 g/mol. The van der Waals surface area contributed by atoms with Gasteiger partial charge in [-0.3, -0.25) is 14.4 Å². The summed E-state index contributed by atoms with van der Waals surface area (Å²) in [4.78, 5) is 41.9. The van der Waals surface area contributed by atoms with Gasteiger partial charge in [-0.05, 0) is 35.4 Å². The molecule has 0 saturated carbocycles. The first-order valence-corrected chi connectivity index (χ1v) is 11.0. The second kappa shape index (κ2) is 9.68. The summed E-state index contributed by atoms with van der Waals surface area (Å²) in [5.74, 6) is -1.04. The first kappa shape index (κ1) is 22.9. The van der Waals surface area contributed by atoms with Crippen LogP contribution in [0.2, 0.25) is 10.0 Å². The Hall–Kier alpha value is -3.29. The largest absolute Gasteiger partial charge is 0.459 e. The van der Waals surface area contributed by atoms with E-state index in [0.717, 1.165) is 11.1 Å². The van der Waals surface area contributed by atoms with Crippen LogP contribution in [0.25, 0.3) is 0 Å². The number of fused-ring (bicyclic) bond motifs is 1. The van der Waals surface area contributed by atoms with Crippen LogP contribution in [0.4, 0.5) is 5.69 Å². The zero-order valence-electron chi connectivity index (χ0n) is 17.8. The van der Waals surface area contributed by atoms with Crippen LogP contribution >= 0.6 is 23.2 Å². The minimum Gasteiger partial charge on any atom is -0.459 e. The summed E-state index contributed by atoms with van der Waals surface area (Å²) < 4.78 is 5.27. The Morgan fingerprint density at radius 2 is 1.73 bits per heavy atom. The molecule has 1 aromatic heterocycles. The van der Waals surface area contributed by atoms with E-state index in [1.54, 1.807) is 30.3 Å². The van der Waals surface area contributed by atoms with Crippen molar-refractivity contribution in [2.75, 3.05) is 18.9 Å². The fraction of sp³-hybridized carbons (Fsp3) is 0.208. The summed E-state index contributed by atoms with van der Waals surface area (Å²) in [6.07, 6.45) is 1.75. The van der Waals surface area contributed by atoms with E-state index in [-0.39, 0.29) is 36.4 Å². The predicted octanol–water partition coefficient (Wildman–Crippen LogP) is 4.25. The fourth-order valence-electron chi connectivity index (χ4n) is 3.84. The van der Waals surface area contributed by atoms with Gasteiger partial charge in [0, 0.05) is 20.0 Å². The SMILES string of the molecule is CN(CC(=O)Nc1c(Cl)cccc1Cl)C(=O)C1Cc2ccccc2CN1C(=O)c1ccco1. The van der Waals surface area contributed by atoms with E-state index in [1.807, 2.05) is 24.3 Å². The highest BCUT2D eigenvalue weighted by Crippen LogP contribution is 2.30. The Morgan fingerprint density at radius 3 is 2.39 bits per heavy atom. The molecule has 0 aliphatic carbocycles. The number of benzene rings is 2. The van der Waals surface area contributed by atoms with Crippen molar-refractivity contribution in [3.63, 3.8) is 0 Å². The smallest absolute Gasteiger partial charge is 0.290 e. The minimum absolute atomic E-state index is 0.154. The number of furan rings is 1. The lowest BCUT2D eigenvalue weighted by Gasteiger charge is -2.37. The predicted molar refractivity (Wildman–Crippen MR) is 125 cm³/mol. The van der Waals surface area contributed by atoms with Gasteiger partial charge < -0.3 is 19.5 Å². The van der Waals surface area contributed by atoms with Crippen LogP contribution in [0.3, 0.4) is 0 Å². The van der Waals surface area contributed by atoms with Gasteiger partial charge in [0.05, 0.1) is 28.5 Å². The van der Waals surface area contributed by atoms with Crippen molar-refractivity contribution < 1.29 is 18.8 Å². The molecule has 33 heavy (non-hydrogen) atoms. The van der Waals surface area contributed by atoms with Gasteiger partial charge in [0.15, 0.2) is 5.76 Å². The Kier molecular flexibility index (Phi) is 6.72. The average Bonchev–Trinajstić information content (AvgIpc) is 3.34. The molecule has 1 unspecified atom stereocenters. The molecule has 1 atom stereocenters. The molecule has 4 rings (SSSR count). The normalized spacial score (nSPS) is 15.0. The van der Waals surface area contributed by atoms with Crippen molar-refractivity contribution >= 4 is 46.6 Å². The highest BCUT2D eigenvalue weighted by molar-refractivity contribution is 6.39. The number of anilines is 1. The second-order valence-electron chi connectivity index (χ2n) is 7.74. The molecular formula is C24H21Cl2N3O4. The maximum atomic E-state index is 13.4. The van der Waals surface area contributed by atoms with E-state index in [1.165, 1.54) is 23.1 Å². The summed E-state index contributed by atoms with van der Waals surface area (Å²) in [6.45, 7) is 0.0305. The number of carbonyl (C=O) groups is 3. The van der Waals surface area contributed by atoms with Crippen molar-refractivity contribution in [2.24, 2.45) is 0 Å². The summed E-state index contributed by atoms with van der Waals surface area (Å²) in [5, 5.41) is 3.24. The number of amides is 3. The number of para-hydroxylation sites is 1. The molecule has 1 aliphatic heterocycles. The van der Waals surface area contributed by atoms with Crippen LogP contribution in [0.15, 0.2) is 65.3 Å². The third-order valence-electron chi connectivity index (χ3n) is 5.51. The number of hydrogen-bond donors (Lipinski definition) is 1. The van der Waals surface area contributed by atoms with Crippen molar-refractivity contribution in [1.29, 1.82) is 0 Å². The molecule has 3 amide bonds. The van der Waals surface area contributed by atoms with Gasteiger partial charge in [0.1, 0.15) is 6.04 Å². The second-order valence-corrected chi connectivity index (χ2v) is 8.55. The fourth-order valence-corrected chi connectivity index (χ4v) is 4.33. The van der Waals surface area contributed by atoms with Crippen molar-refractivity contribution in [3.05, 3.63) is 87.8 Å². The first-order valence-electron chi connectivity index (χ1n) is 10.2. The van der Waals surface area contributed by atoms with Gasteiger partial charge >= 0.3 is 0 Å². The van der Waals surface area contributed by atoms with Crippen molar-refractivity contribution in [3.8, 4) is 0 Å². The maximum Gasteiger partial charge on any atom is 0.290 e. The Bertz CT molecular complexity index is 1180. The van der Waals surface area contributed by atoms with Crippen LogP contribution in [0.5, 0.6) is 0 Å². The Morgan fingerprint density at radius 1 is 1.03 bits per heavy atom. The molecule has 0 spiro atoms. The first-order chi connectivity index (χ1) is 15.8. The van der Waals surface area contributed by atoms with Gasteiger partial charge in [-0.1, -0.05) is 53.5 Å². The molecule has 0 bridgehead atoms. The van der Waals surface area contributed by atoms with Crippen LogP contribution < -0.4 is 5.32 Å². The summed E-state index contributed by atoms with van der Waals surface area (Å²) >= 11 is 12.2. The van der Waals surface area contributed by atoms with Crippen LogP contribution in [0, 0.1) is 0 Å². The molecule has 2 aromatic carbocycles. The number of halogens is 2. The zero-order valence-corrected chi connectivity index (χ0v) is 19.3. The lowest BCUT2D eigenvalue weighted by Crippen LogP contribution is -2.53. The van der Waals surface area contributed by atoms with Crippen molar-refractivity contribution in [1.82, 2.24) is 9.80 Å². The third-order valence-corrected chi connectivity index (χ3v) is 6.14. The van der Waals surface area contributed by atoms with E-state index < -0.39 is 11.9 Å². The van der Waals surface area contributed by atoms with Gasteiger partial charge in [-0.15, -0.1) is 0 Å². The molecule has 0 saturated heterocycles. The molecule has 0 fully saturated rings. The molecular weight excluding hydrogens is 465 g/mol. The monoisotopic (exact) mass is 485 g/mol. The zero-order chi connectivity index (χ0) is 23.5. The molecule has 3 aromatic rings. The van der Waals surface area contributed by atoms with E-state index in [2.05, 4.69) is 5.32 Å². The van der Waals surface area contributed by atoms with Gasteiger partial charge in [0.2, 0.25) is 11.8 Å². The number of hydrogen-bond acceptors (Lipinski definition) is 4. The molecule has 2 heterocycles. The van der Waals surface area contributed by atoms with Crippen LogP contribution in [-0.4, -0.2) is 47.2 Å². The topological polar surface area (TPSA) is 82.9 Å². The minimum atomic E-state index is -0.779. The van der Waals surface area contributed by atoms with Gasteiger partial charge in [-0.25, -0.2) is 0 Å². The highest BCUT2D eigenvalue weighted by Gasteiger charge is 2.37. The maximum absolute atomic E-state index is 13.4. The van der Waals surface area contributed by atoms with E-state index >= 15 is 0 Å². The van der Waals surface area contributed by atoms with Crippen molar-refractivity contribution in [2.45, 2.75) is 19.0 Å². The van der Waals surface area contributed by atoms with E-state index in [0.29, 0.717) is 16.5 Å². The quantitative estimate of drug-likeness (QED) is 0.585. The lowest BCUT2D eigenvalue weighted by molar-refractivity contribution is -0.137. The number of nitrogens with one attached hydrogen (secondary N) is 1. The molecule has 1 aliphatic rings. The summed E-state index contributed by atoms with van der Waals surface area (Å²) in [7, 11) is 1.52. The number of nitrogens with zero attached hydrogens (tertiary/aromatic N) is 2.